The highest BCUT2D eigenvalue weighted by Crippen LogP contribution is 2.32. The molecule has 0 radical (unpaired) electrons. The van der Waals surface area contributed by atoms with Crippen LogP contribution in [0.5, 0.6) is 17.2 Å². The van der Waals surface area contributed by atoms with E-state index in [1.165, 1.54) is 0 Å². The van der Waals surface area contributed by atoms with Crippen molar-refractivity contribution < 1.29 is 14.2 Å². The molecule has 3 rings (SSSR count). The summed E-state index contributed by atoms with van der Waals surface area (Å²) in [5, 5.41) is 6.61. The van der Waals surface area contributed by atoms with Gasteiger partial charge in [-0.2, -0.15) is 0 Å². The Balaban J connectivity index is 0.00000280. The normalized spacial score (nSPS) is 13.2. The predicted molar refractivity (Wildman–Crippen MR) is 124 cm³/mol. The van der Waals surface area contributed by atoms with Crippen LogP contribution in [0.3, 0.4) is 0 Å². The molecule has 0 unspecified atom stereocenters. The van der Waals surface area contributed by atoms with Gasteiger partial charge in [-0.05, 0) is 43.2 Å². The maximum Gasteiger partial charge on any atom is 0.196 e. The first-order valence-electron chi connectivity index (χ1n) is 9.28. The van der Waals surface area contributed by atoms with Crippen molar-refractivity contribution in [2.75, 3.05) is 32.2 Å². The third-order valence-electron chi connectivity index (χ3n) is 4.23. The van der Waals surface area contributed by atoms with Crippen LogP contribution in [0.4, 0.5) is 5.69 Å². The number of aliphatic imine (C=N–C) groups is 1. The van der Waals surface area contributed by atoms with Gasteiger partial charge in [0, 0.05) is 24.7 Å². The first-order valence-corrected chi connectivity index (χ1v) is 9.28. The van der Waals surface area contributed by atoms with Crippen LogP contribution in [0, 0.1) is 6.92 Å². The second-order valence-corrected chi connectivity index (χ2v) is 6.34. The van der Waals surface area contributed by atoms with E-state index in [0.717, 1.165) is 53.0 Å². The molecule has 152 valence electrons. The molecule has 0 aliphatic carbocycles. The topological polar surface area (TPSA) is 64.1 Å². The SMILES string of the molecule is CCNC(=NCc1ccc(OC)c(C)c1)Nc1ccc2c(c1)OCCCO2.I. The molecule has 2 aromatic carbocycles. The number of benzene rings is 2. The van der Waals surface area contributed by atoms with Crippen LogP contribution < -0.4 is 24.8 Å². The van der Waals surface area contributed by atoms with E-state index in [0.29, 0.717) is 19.8 Å². The number of nitrogens with one attached hydrogen (secondary N) is 2. The fourth-order valence-electron chi connectivity index (χ4n) is 2.89. The Morgan fingerprint density at radius 3 is 2.61 bits per heavy atom. The van der Waals surface area contributed by atoms with E-state index in [-0.39, 0.29) is 24.0 Å². The Kier molecular flexibility index (Phi) is 8.69. The van der Waals surface area contributed by atoms with Gasteiger partial charge in [-0.25, -0.2) is 4.99 Å². The molecule has 7 heteroatoms. The number of fused-ring (bicyclic) bond motifs is 1. The number of ether oxygens (including phenoxy) is 3. The molecule has 1 aliphatic rings. The zero-order chi connectivity index (χ0) is 19.1. The second-order valence-electron chi connectivity index (χ2n) is 6.34. The Bertz CT molecular complexity index is 811. The maximum atomic E-state index is 5.76. The number of anilines is 1. The van der Waals surface area contributed by atoms with Crippen LogP contribution in [0.2, 0.25) is 0 Å². The van der Waals surface area contributed by atoms with Gasteiger partial charge < -0.3 is 24.8 Å². The number of guanidine groups is 1. The first kappa shape index (κ1) is 22.1. The van der Waals surface area contributed by atoms with Crippen LogP contribution in [-0.4, -0.2) is 32.8 Å². The van der Waals surface area contributed by atoms with Crippen molar-refractivity contribution >= 4 is 35.6 Å². The van der Waals surface area contributed by atoms with Crippen molar-refractivity contribution in [3.05, 3.63) is 47.5 Å². The summed E-state index contributed by atoms with van der Waals surface area (Å²) in [7, 11) is 1.68. The minimum Gasteiger partial charge on any atom is -0.496 e. The highest BCUT2D eigenvalue weighted by molar-refractivity contribution is 14.0. The zero-order valence-corrected chi connectivity index (χ0v) is 18.9. The molecule has 28 heavy (non-hydrogen) atoms. The van der Waals surface area contributed by atoms with Crippen LogP contribution in [0.1, 0.15) is 24.5 Å². The van der Waals surface area contributed by atoms with Gasteiger partial charge in [0.15, 0.2) is 17.5 Å². The van der Waals surface area contributed by atoms with Gasteiger partial charge in [0.25, 0.3) is 0 Å². The molecule has 2 aromatic rings. The maximum absolute atomic E-state index is 5.76. The first-order chi connectivity index (χ1) is 13.2. The van der Waals surface area contributed by atoms with E-state index in [1.807, 2.05) is 44.2 Å². The fraction of sp³-hybridized carbons (Fsp3) is 0.381. The number of rotatable bonds is 5. The number of hydrogen-bond acceptors (Lipinski definition) is 4. The third-order valence-corrected chi connectivity index (χ3v) is 4.23. The third kappa shape index (κ3) is 5.92. The van der Waals surface area contributed by atoms with E-state index < -0.39 is 0 Å². The average Bonchev–Trinajstić information content (AvgIpc) is 2.91. The Labute approximate surface area is 183 Å². The Morgan fingerprint density at radius 1 is 1.11 bits per heavy atom. The largest absolute Gasteiger partial charge is 0.496 e. The van der Waals surface area contributed by atoms with Crippen LogP contribution in [-0.2, 0) is 6.54 Å². The molecule has 6 nitrogen and oxygen atoms in total. The monoisotopic (exact) mass is 497 g/mol. The summed E-state index contributed by atoms with van der Waals surface area (Å²) >= 11 is 0. The van der Waals surface area contributed by atoms with Crippen LogP contribution in [0.15, 0.2) is 41.4 Å². The van der Waals surface area contributed by atoms with E-state index in [9.17, 15) is 0 Å². The van der Waals surface area contributed by atoms with Crippen molar-refractivity contribution in [3.63, 3.8) is 0 Å². The van der Waals surface area contributed by atoms with Gasteiger partial charge in [0.05, 0.1) is 26.9 Å². The molecule has 1 aliphatic heterocycles. The standard InChI is InChI=1S/C21H27N3O3.HI/c1-4-22-21(23-14-16-6-8-18(25-3)15(2)12-16)24-17-7-9-19-20(13-17)27-11-5-10-26-19;/h6-9,12-13H,4-5,10-11,14H2,1-3H3,(H2,22,23,24);1H. The molecule has 0 aromatic heterocycles. The molecule has 0 saturated heterocycles. The van der Waals surface area contributed by atoms with E-state index in [1.54, 1.807) is 7.11 Å². The van der Waals surface area contributed by atoms with Gasteiger partial charge >= 0.3 is 0 Å². The summed E-state index contributed by atoms with van der Waals surface area (Å²) in [5.41, 5.74) is 3.14. The van der Waals surface area contributed by atoms with Gasteiger partial charge in [-0.3, -0.25) is 0 Å². The summed E-state index contributed by atoms with van der Waals surface area (Å²) in [6.07, 6.45) is 0.892. The quantitative estimate of drug-likeness (QED) is 0.365. The molecule has 0 atom stereocenters. The van der Waals surface area contributed by atoms with Crippen molar-refractivity contribution in [1.29, 1.82) is 0 Å². The number of aryl methyl sites for hydroxylation is 1. The van der Waals surface area contributed by atoms with Gasteiger partial charge in [0.1, 0.15) is 5.75 Å². The molecule has 0 saturated carbocycles. The predicted octanol–water partition coefficient (Wildman–Crippen LogP) is 4.36. The van der Waals surface area contributed by atoms with Crippen molar-refractivity contribution in [3.8, 4) is 17.2 Å². The summed E-state index contributed by atoms with van der Waals surface area (Å²) < 4.78 is 16.8. The highest BCUT2D eigenvalue weighted by Gasteiger charge is 2.11. The zero-order valence-electron chi connectivity index (χ0n) is 16.6. The molecule has 1 heterocycles. The van der Waals surface area contributed by atoms with E-state index in [2.05, 4.69) is 21.7 Å². The highest BCUT2D eigenvalue weighted by atomic mass is 127. The smallest absolute Gasteiger partial charge is 0.196 e. The molecular weight excluding hydrogens is 469 g/mol. The molecule has 0 amide bonds. The fourth-order valence-corrected chi connectivity index (χ4v) is 2.89. The molecule has 0 spiro atoms. The lowest BCUT2D eigenvalue weighted by atomic mass is 10.1. The lowest BCUT2D eigenvalue weighted by Crippen LogP contribution is -2.30. The minimum absolute atomic E-state index is 0. The molecule has 2 N–H and O–H groups in total. The van der Waals surface area contributed by atoms with Crippen molar-refractivity contribution in [2.24, 2.45) is 4.99 Å². The second kappa shape index (κ2) is 11.0. The average molecular weight is 497 g/mol. The summed E-state index contributed by atoms with van der Waals surface area (Å²) in [4.78, 5) is 4.69. The van der Waals surface area contributed by atoms with Crippen molar-refractivity contribution in [1.82, 2.24) is 5.32 Å². The molecule has 0 bridgehead atoms. The Hall–Kier alpha value is -2.16. The summed E-state index contributed by atoms with van der Waals surface area (Å²) in [6.45, 7) is 6.78. The lowest BCUT2D eigenvalue weighted by Gasteiger charge is -2.14. The number of methoxy groups -OCH3 is 1. The summed E-state index contributed by atoms with van der Waals surface area (Å²) in [6, 6.07) is 12.0. The Morgan fingerprint density at radius 2 is 1.89 bits per heavy atom. The van der Waals surface area contributed by atoms with Crippen LogP contribution in [0.25, 0.3) is 0 Å². The van der Waals surface area contributed by atoms with E-state index >= 15 is 0 Å². The van der Waals surface area contributed by atoms with Gasteiger partial charge in [-0.15, -0.1) is 24.0 Å². The summed E-state index contributed by atoms with van der Waals surface area (Å²) in [5.74, 6) is 3.16. The minimum atomic E-state index is 0. The number of halogens is 1. The van der Waals surface area contributed by atoms with Crippen molar-refractivity contribution in [2.45, 2.75) is 26.8 Å². The van der Waals surface area contributed by atoms with Crippen LogP contribution >= 0.6 is 24.0 Å². The molecule has 0 fully saturated rings. The van der Waals surface area contributed by atoms with E-state index in [4.69, 9.17) is 14.2 Å². The lowest BCUT2D eigenvalue weighted by molar-refractivity contribution is 0.297. The number of nitrogens with zero attached hydrogens (tertiary/aromatic N) is 1. The number of hydrogen-bond donors (Lipinski definition) is 2. The van der Waals surface area contributed by atoms with Gasteiger partial charge in [0.2, 0.25) is 0 Å². The molecular formula is C21H28IN3O3. The van der Waals surface area contributed by atoms with Gasteiger partial charge in [-0.1, -0.05) is 12.1 Å².